The summed E-state index contributed by atoms with van der Waals surface area (Å²) in [6, 6.07) is 0. The number of thioether (sulfide) groups is 1. The Bertz CT molecular complexity index is 247. The fourth-order valence-electron chi connectivity index (χ4n) is 0.982. The topological polar surface area (TPSA) is 35.5 Å². The SMILES string of the molecule is OC1=CSC2NC=CC=CN12. The van der Waals surface area contributed by atoms with E-state index in [9.17, 15) is 5.11 Å². The Kier molecular flexibility index (Phi) is 1.54. The van der Waals surface area contributed by atoms with Crippen molar-refractivity contribution in [1.29, 1.82) is 0 Å². The van der Waals surface area contributed by atoms with E-state index in [1.165, 1.54) is 0 Å². The maximum absolute atomic E-state index is 9.30. The zero-order chi connectivity index (χ0) is 7.68. The maximum atomic E-state index is 9.30. The van der Waals surface area contributed by atoms with Crippen LogP contribution in [0.3, 0.4) is 0 Å². The highest BCUT2D eigenvalue weighted by Crippen LogP contribution is 2.28. The molecule has 0 aromatic carbocycles. The zero-order valence-electron chi connectivity index (χ0n) is 5.77. The van der Waals surface area contributed by atoms with Crippen molar-refractivity contribution in [2.75, 3.05) is 0 Å². The van der Waals surface area contributed by atoms with Crippen LogP contribution in [0.4, 0.5) is 0 Å². The van der Waals surface area contributed by atoms with Crippen LogP contribution in [0.15, 0.2) is 35.8 Å². The van der Waals surface area contributed by atoms with Gasteiger partial charge in [-0.2, -0.15) is 0 Å². The van der Waals surface area contributed by atoms with Gasteiger partial charge in [0, 0.05) is 11.6 Å². The monoisotopic (exact) mass is 168 g/mol. The number of aliphatic hydroxyl groups excluding tert-OH is 1. The second-order valence-corrected chi connectivity index (χ2v) is 3.19. The largest absolute Gasteiger partial charge is 0.494 e. The van der Waals surface area contributed by atoms with Crippen LogP contribution in [0.1, 0.15) is 0 Å². The van der Waals surface area contributed by atoms with Gasteiger partial charge in [-0.25, -0.2) is 0 Å². The lowest BCUT2D eigenvalue weighted by Crippen LogP contribution is -2.32. The summed E-state index contributed by atoms with van der Waals surface area (Å²) >= 11 is 1.55. The van der Waals surface area contributed by atoms with E-state index in [0.717, 1.165) is 0 Å². The van der Waals surface area contributed by atoms with Gasteiger partial charge >= 0.3 is 0 Å². The van der Waals surface area contributed by atoms with Crippen LogP contribution in [-0.2, 0) is 0 Å². The highest BCUT2D eigenvalue weighted by molar-refractivity contribution is 8.02. The summed E-state index contributed by atoms with van der Waals surface area (Å²) in [6.45, 7) is 0. The molecule has 0 aliphatic carbocycles. The molecular weight excluding hydrogens is 160 g/mol. The third kappa shape index (κ3) is 1.09. The van der Waals surface area contributed by atoms with Gasteiger partial charge < -0.3 is 10.4 Å². The molecule has 0 aromatic rings. The van der Waals surface area contributed by atoms with Crippen molar-refractivity contribution in [2.45, 2.75) is 5.50 Å². The number of hydrogen-bond acceptors (Lipinski definition) is 4. The molecule has 11 heavy (non-hydrogen) atoms. The van der Waals surface area contributed by atoms with Crippen LogP contribution < -0.4 is 5.32 Å². The molecule has 0 amide bonds. The summed E-state index contributed by atoms with van der Waals surface area (Å²) in [5, 5.41) is 14.1. The third-order valence-electron chi connectivity index (χ3n) is 1.51. The summed E-state index contributed by atoms with van der Waals surface area (Å²) in [4.78, 5) is 1.77. The molecule has 4 heteroatoms. The molecule has 2 rings (SSSR count). The average molecular weight is 168 g/mol. The maximum Gasteiger partial charge on any atom is 0.199 e. The number of rotatable bonds is 0. The summed E-state index contributed by atoms with van der Waals surface area (Å²) in [5.41, 5.74) is 0.116. The van der Waals surface area contributed by atoms with Crippen molar-refractivity contribution in [3.8, 4) is 0 Å². The Morgan fingerprint density at radius 3 is 3.36 bits per heavy atom. The number of fused-ring (bicyclic) bond motifs is 1. The van der Waals surface area contributed by atoms with Gasteiger partial charge in [-0.05, 0) is 18.4 Å². The number of allylic oxidation sites excluding steroid dienone is 2. The number of nitrogens with one attached hydrogen (secondary N) is 1. The molecule has 0 bridgehead atoms. The molecule has 0 fully saturated rings. The van der Waals surface area contributed by atoms with Gasteiger partial charge in [-0.1, -0.05) is 11.8 Å². The first kappa shape index (κ1) is 6.67. The van der Waals surface area contributed by atoms with E-state index in [0.29, 0.717) is 5.88 Å². The number of hydrogen-bond donors (Lipinski definition) is 2. The minimum absolute atomic E-state index is 0.116. The molecular formula is C7H8N2OS. The molecule has 1 atom stereocenters. The Balaban J connectivity index is 2.22. The Morgan fingerprint density at radius 1 is 1.55 bits per heavy atom. The van der Waals surface area contributed by atoms with Crippen molar-refractivity contribution >= 4 is 11.8 Å². The normalized spacial score (nSPS) is 27.5. The first-order valence-electron chi connectivity index (χ1n) is 3.30. The molecule has 3 nitrogen and oxygen atoms in total. The fourth-order valence-corrected chi connectivity index (χ4v) is 1.82. The molecule has 2 aliphatic rings. The van der Waals surface area contributed by atoms with Crippen LogP contribution in [0, 0.1) is 0 Å². The van der Waals surface area contributed by atoms with Gasteiger partial charge in [-0.15, -0.1) is 0 Å². The molecule has 0 saturated carbocycles. The predicted molar refractivity (Wildman–Crippen MR) is 45.3 cm³/mol. The van der Waals surface area contributed by atoms with E-state index >= 15 is 0 Å². The van der Waals surface area contributed by atoms with E-state index < -0.39 is 0 Å². The van der Waals surface area contributed by atoms with E-state index in [4.69, 9.17) is 0 Å². The summed E-state index contributed by atoms with van der Waals surface area (Å²) in [6.07, 6.45) is 7.47. The number of nitrogens with zero attached hydrogens (tertiary/aromatic N) is 1. The Labute approximate surface area is 69.1 Å². The van der Waals surface area contributed by atoms with Gasteiger partial charge in [-0.3, -0.25) is 4.90 Å². The fraction of sp³-hybridized carbons (Fsp3) is 0.143. The molecule has 0 radical (unpaired) electrons. The van der Waals surface area contributed by atoms with Gasteiger partial charge in [0.05, 0.1) is 0 Å². The van der Waals surface area contributed by atoms with Gasteiger partial charge in [0.1, 0.15) is 0 Å². The lowest BCUT2D eigenvalue weighted by Gasteiger charge is -2.20. The van der Waals surface area contributed by atoms with Gasteiger partial charge in [0.2, 0.25) is 0 Å². The van der Waals surface area contributed by atoms with E-state index in [1.54, 1.807) is 22.1 Å². The molecule has 0 spiro atoms. The van der Waals surface area contributed by atoms with E-state index in [1.807, 2.05) is 24.6 Å². The van der Waals surface area contributed by atoms with Gasteiger partial charge in [0.15, 0.2) is 11.4 Å². The van der Waals surface area contributed by atoms with Crippen LogP contribution in [0.25, 0.3) is 0 Å². The summed E-state index contributed by atoms with van der Waals surface area (Å²) in [5.74, 6) is 0.299. The Hall–Kier alpha value is -1.03. The van der Waals surface area contributed by atoms with Crippen molar-refractivity contribution in [2.24, 2.45) is 0 Å². The van der Waals surface area contributed by atoms with E-state index in [-0.39, 0.29) is 5.50 Å². The Morgan fingerprint density at radius 2 is 2.45 bits per heavy atom. The van der Waals surface area contributed by atoms with Crippen LogP contribution in [0.2, 0.25) is 0 Å². The molecule has 0 saturated heterocycles. The summed E-state index contributed by atoms with van der Waals surface area (Å²) < 4.78 is 0. The lowest BCUT2D eigenvalue weighted by atomic mass is 10.5. The van der Waals surface area contributed by atoms with Crippen LogP contribution >= 0.6 is 11.8 Å². The second-order valence-electron chi connectivity index (χ2n) is 2.24. The lowest BCUT2D eigenvalue weighted by molar-refractivity contribution is 0.245. The summed E-state index contributed by atoms with van der Waals surface area (Å²) in [7, 11) is 0. The highest BCUT2D eigenvalue weighted by Gasteiger charge is 2.23. The molecule has 2 N–H and O–H groups in total. The molecule has 2 heterocycles. The van der Waals surface area contributed by atoms with Gasteiger partial charge in [0.25, 0.3) is 0 Å². The smallest absolute Gasteiger partial charge is 0.199 e. The highest BCUT2D eigenvalue weighted by atomic mass is 32.2. The van der Waals surface area contributed by atoms with Crippen LogP contribution in [-0.4, -0.2) is 15.5 Å². The standard InChI is InChI=1S/C7H8N2OS/c10-6-5-11-7-8-3-1-2-4-9(6)7/h1-5,7-8,10H. The molecule has 2 aliphatic heterocycles. The van der Waals surface area contributed by atoms with Crippen molar-refractivity contribution in [1.82, 2.24) is 10.2 Å². The van der Waals surface area contributed by atoms with Crippen molar-refractivity contribution in [3.05, 3.63) is 35.8 Å². The van der Waals surface area contributed by atoms with Crippen molar-refractivity contribution < 1.29 is 5.11 Å². The minimum Gasteiger partial charge on any atom is -0.494 e. The molecule has 1 unspecified atom stereocenters. The first-order chi connectivity index (χ1) is 5.38. The number of aliphatic hydroxyl groups is 1. The predicted octanol–water partition coefficient (Wildman–Crippen LogP) is 1.31. The third-order valence-corrected chi connectivity index (χ3v) is 2.48. The van der Waals surface area contributed by atoms with E-state index in [2.05, 4.69) is 5.32 Å². The average Bonchev–Trinajstić information content (AvgIpc) is 2.25. The quantitative estimate of drug-likeness (QED) is 0.571. The van der Waals surface area contributed by atoms with Crippen molar-refractivity contribution in [3.63, 3.8) is 0 Å². The molecule has 58 valence electrons. The zero-order valence-corrected chi connectivity index (χ0v) is 6.58. The molecule has 0 aromatic heterocycles. The van der Waals surface area contributed by atoms with Crippen LogP contribution in [0.5, 0.6) is 0 Å². The minimum atomic E-state index is 0.116. The second kappa shape index (κ2) is 2.54. The first-order valence-corrected chi connectivity index (χ1v) is 4.24.